The second-order valence-electron chi connectivity index (χ2n) is 5.33. The minimum Gasteiger partial charge on any atom is -0.0720 e. The lowest BCUT2D eigenvalue weighted by Gasteiger charge is -2.18. The van der Waals surface area contributed by atoms with E-state index in [4.69, 9.17) is 0 Å². The normalized spacial score (nSPS) is 16.7. The fourth-order valence-electron chi connectivity index (χ4n) is 2.84. The lowest BCUT2D eigenvalue weighted by molar-refractivity contribution is 1.01. The summed E-state index contributed by atoms with van der Waals surface area (Å²) < 4.78 is 1.25. The van der Waals surface area contributed by atoms with Gasteiger partial charge in [-0.2, -0.15) is 0 Å². The van der Waals surface area contributed by atoms with Gasteiger partial charge >= 0.3 is 0 Å². The molecule has 0 amide bonds. The van der Waals surface area contributed by atoms with Crippen LogP contribution in [0.15, 0.2) is 40.9 Å². The van der Waals surface area contributed by atoms with Gasteiger partial charge in [0.15, 0.2) is 0 Å². The maximum absolute atomic E-state index is 3.77. The minimum absolute atomic E-state index is 0.379. The van der Waals surface area contributed by atoms with Gasteiger partial charge in [0, 0.05) is 10.4 Å². The molecule has 0 nitrogen and oxygen atoms in total. The molecule has 96 valence electrons. The maximum atomic E-state index is 3.77. The molecule has 1 atom stereocenters. The van der Waals surface area contributed by atoms with Crippen LogP contribution < -0.4 is 0 Å². The number of hydrogen-bond acceptors (Lipinski definition) is 0. The molecule has 2 aromatic rings. The van der Waals surface area contributed by atoms with E-state index in [2.05, 4.69) is 79.2 Å². The van der Waals surface area contributed by atoms with Crippen LogP contribution in [0, 0.1) is 20.8 Å². The number of rotatable bonds is 1. The van der Waals surface area contributed by atoms with Crippen molar-refractivity contribution in [3.8, 4) is 0 Å². The number of halogens is 1. The van der Waals surface area contributed by atoms with Crippen LogP contribution in [0.25, 0.3) is 6.08 Å². The van der Waals surface area contributed by atoms with Gasteiger partial charge in [-0.1, -0.05) is 58.4 Å². The minimum atomic E-state index is 0.379. The molecule has 0 aliphatic heterocycles. The van der Waals surface area contributed by atoms with Crippen molar-refractivity contribution in [1.82, 2.24) is 0 Å². The summed E-state index contributed by atoms with van der Waals surface area (Å²) in [5, 5.41) is 0. The van der Waals surface area contributed by atoms with Crippen molar-refractivity contribution in [2.75, 3.05) is 0 Å². The molecule has 19 heavy (non-hydrogen) atoms. The average molecular weight is 313 g/mol. The van der Waals surface area contributed by atoms with Crippen LogP contribution in [0.3, 0.4) is 0 Å². The molecule has 0 N–H and O–H groups in total. The predicted molar refractivity (Wildman–Crippen MR) is 85.7 cm³/mol. The van der Waals surface area contributed by atoms with E-state index in [-0.39, 0.29) is 0 Å². The second kappa shape index (κ2) is 4.64. The first kappa shape index (κ1) is 12.7. The molecule has 1 unspecified atom stereocenters. The van der Waals surface area contributed by atoms with Gasteiger partial charge in [0.25, 0.3) is 0 Å². The summed E-state index contributed by atoms with van der Waals surface area (Å²) in [5.74, 6) is 0.379. The van der Waals surface area contributed by atoms with Crippen molar-refractivity contribution in [3.63, 3.8) is 0 Å². The van der Waals surface area contributed by atoms with Gasteiger partial charge in [0.1, 0.15) is 0 Å². The summed E-state index contributed by atoms with van der Waals surface area (Å²) in [6, 6.07) is 11.0. The first-order valence-electron chi connectivity index (χ1n) is 6.63. The Morgan fingerprint density at radius 3 is 2.53 bits per heavy atom. The van der Waals surface area contributed by atoms with Crippen LogP contribution in [0.1, 0.15) is 39.3 Å². The highest BCUT2D eigenvalue weighted by molar-refractivity contribution is 9.10. The fraction of sp³-hybridized carbons (Fsp3) is 0.222. The number of aryl methyl sites for hydroxylation is 2. The van der Waals surface area contributed by atoms with Crippen LogP contribution in [0.4, 0.5) is 0 Å². The van der Waals surface area contributed by atoms with Gasteiger partial charge in [-0.25, -0.2) is 0 Å². The molecule has 1 aliphatic carbocycles. The molecule has 0 saturated carbocycles. The van der Waals surface area contributed by atoms with E-state index in [9.17, 15) is 0 Å². The van der Waals surface area contributed by atoms with E-state index in [1.54, 1.807) is 0 Å². The molecular weight excluding hydrogens is 296 g/mol. The quantitative estimate of drug-likeness (QED) is 0.649. The van der Waals surface area contributed by atoms with Gasteiger partial charge in [0.05, 0.1) is 0 Å². The molecule has 1 heteroatoms. The van der Waals surface area contributed by atoms with Crippen LogP contribution >= 0.6 is 15.9 Å². The molecule has 1 aliphatic rings. The summed E-state index contributed by atoms with van der Waals surface area (Å²) >= 11 is 3.77. The molecule has 2 aromatic carbocycles. The molecule has 0 spiro atoms. The maximum Gasteiger partial charge on any atom is 0.0292 e. The lowest BCUT2D eigenvalue weighted by atomic mass is 9.88. The van der Waals surface area contributed by atoms with Crippen molar-refractivity contribution in [1.29, 1.82) is 0 Å². The van der Waals surface area contributed by atoms with Crippen molar-refractivity contribution in [3.05, 3.63) is 74.3 Å². The predicted octanol–water partition coefficient (Wildman–Crippen LogP) is 5.53. The molecule has 0 heterocycles. The Labute approximate surface area is 123 Å². The Kier molecular flexibility index (Phi) is 3.10. The Balaban J connectivity index is 2.20. The van der Waals surface area contributed by atoms with E-state index < -0.39 is 0 Å². The van der Waals surface area contributed by atoms with Gasteiger partial charge in [-0.05, 0) is 54.2 Å². The van der Waals surface area contributed by atoms with Crippen molar-refractivity contribution >= 4 is 22.0 Å². The summed E-state index contributed by atoms with van der Waals surface area (Å²) in [6.45, 7) is 6.56. The van der Waals surface area contributed by atoms with E-state index in [0.29, 0.717) is 5.92 Å². The standard InChI is InChI=1S/C18H17Br/c1-11-5-4-6-15(13(11)3)16-10-9-14-8-7-12(2)18(19)17(14)16/h4-10,16H,1-3H3. The van der Waals surface area contributed by atoms with Crippen molar-refractivity contribution < 1.29 is 0 Å². The first-order valence-corrected chi connectivity index (χ1v) is 7.42. The molecule has 0 fully saturated rings. The van der Waals surface area contributed by atoms with Gasteiger partial charge in [-0.15, -0.1) is 0 Å². The molecule has 0 aromatic heterocycles. The first-order chi connectivity index (χ1) is 9.09. The zero-order chi connectivity index (χ0) is 13.6. The van der Waals surface area contributed by atoms with Gasteiger partial charge < -0.3 is 0 Å². The Bertz CT molecular complexity index is 680. The summed E-state index contributed by atoms with van der Waals surface area (Å²) in [7, 11) is 0. The fourth-order valence-corrected chi connectivity index (χ4v) is 3.45. The zero-order valence-corrected chi connectivity index (χ0v) is 13.1. The average Bonchev–Trinajstić information content (AvgIpc) is 2.82. The highest BCUT2D eigenvalue weighted by Gasteiger charge is 2.24. The lowest BCUT2D eigenvalue weighted by Crippen LogP contribution is -2.01. The van der Waals surface area contributed by atoms with E-state index in [1.807, 2.05) is 0 Å². The topological polar surface area (TPSA) is 0 Å². The van der Waals surface area contributed by atoms with E-state index >= 15 is 0 Å². The zero-order valence-electron chi connectivity index (χ0n) is 11.5. The van der Waals surface area contributed by atoms with Crippen LogP contribution in [0.2, 0.25) is 0 Å². The third-order valence-corrected chi connectivity index (χ3v) is 5.22. The Morgan fingerprint density at radius 1 is 0.947 bits per heavy atom. The van der Waals surface area contributed by atoms with Crippen molar-refractivity contribution in [2.24, 2.45) is 0 Å². The third kappa shape index (κ3) is 1.97. The van der Waals surface area contributed by atoms with Gasteiger partial charge in [-0.3, -0.25) is 0 Å². The molecule has 0 bridgehead atoms. The molecule has 0 saturated heterocycles. The number of fused-ring (bicyclic) bond motifs is 1. The third-order valence-electron chi connectivity index (χ3n) is 4.17. The molecule has 0 radical (unpaired) electrons. The summed E-state index contributed by atoms with van der Waals surface area (Å²) in [6.07, 6.45) is 4.56. The summed E-state index contributed by atoms with van der Waals surface area (Å²) in [5.41, 5.74) is 8.23. The van der Waals surface area contributed by atoms with Gasteiger partial charge in [0.2, 0.25) is 0 Å². The highest BCUT2D eigenvalue weighted by Crippen LogP contribution is 2.42. The number of benzene rings is 2. The number of allylic oxidation sites excluding steroid dienone is 1. The Morgan fingerprint density at radius 2 is 1.74 bits per heavy atom. The smallest absolute Gasteiger partial charge is 0.0292 e. The van der Waals surface area contributed by atoms with Crippen LogP contribution in [-0.4, -0.2) is 0 Å². The molecule has 3 rings (SSSR count). The molecular formula is C18H17Br. The monoisotopic (exact) mass is 312 g/mol. The van der Waals surface area contributed by atoms with E-state index in [0.717, 1.165) is 0 Å². The largest absolute Gasteiger partial charge is 0.0720 e. The highest BCUT2D eigenvalue weighted by atomic mass is 79.9. The Hall–Kier alpha value is -1.34. The van der Waals surface area contributed by atoms with Crippen LogP contribution in [0.5, 0.6) is 0 Å². The summed E-state index contributed by atoms with van der Waals surface area (Å²) in [4.78, 5) is 0. The number of hydrogen-bond donors (Lipinski definition) is 0. The van der Waals surface area contributed by atoms with E-state index in [1.165, 1.54) is 37.9 Å². The second-order valence-corrected chi connectivity index (χ2v) is 6.12. The SMILES string of the molecule is Cc1cccc(C2C=Cc3ccc(C)c(Br)c32)c1C. The van der Waals surface area contributed by atoms with Crippen molar-refractivity contribution in [2.45, 2.75) is 26.7 Å². The van der Waals surface area contributed by atoms with Crippen LogP contribution in [-0.2, 0) is 0 Å².